The molecule has 2 heteroatoms. The maximum atomic E-state index is 6.32. The minimum Gasteiger partial charge on any atom is -0.456 e. The van der Waals surface area contributed by atoms with Gasteiger partial charge in [-0.05, 0) is 116 Å². The van der Waals surface area contributed by atoms with Crippen LogP contribution in [0.3, 0.4) is 0 Å². The Balaban J connectivity index is 1.04. The summed E-state index contributed by atoms with van der Waals surface area (Å²) in [5.74, 6) is 0.923. The number of nitrogens with zero attached hydrogens (tertiary/aromatic N) is 1. The number of benzene rings is 9. The average molecular weight is 678 g/mol. The third kappa shape index (κ3) is 5.44. The summed E-state index contributed by atoms with van der Waals surface area (Å²) in [6.45, 7) is 2.14. The molecule has 10 rings (SSSR count). The minimum atomic E-state index is 0.919. The van der Waals surface area contributed by atoms with Gasteiger partial charge >= 0.3 is 0 Å². The van der Waals surface area contributed by atoms with Gasteiger partial charge in [0.1, 0.15) is 11.3 Å². The van der Waals surface area contributed by atoms with Crippen molar-refractivity contribution in [3.63, 3.8) is 0 Å². The van der Waals surface area contributed by atoms with Crippen molar-refractivity contribution < 1.29 is 4.42 Å². The highest BCUT2D eigenvalue weighted by atomic mass is 16.3. The van der Waals surface area contributed by atoms with E-state index in [1.807, 2.05) is 12.1 Å². The zero-order valence-electron chi connectivity index (χ0n) is 29.3. The van der Waals surface area contributed by atoms with Gasteiger partial charge < -0.3 is 9.32 Å². The molecular weight excluding hydrogens is 643 g/mol. The van der Waals surface area contributed by atoms with E-state index in [-0.39, 0.29) is 0 Å². The first-order valence-corrected chi connectivity index (χ1v) is 18.2. The van der Waals surface area contributed by atoms with Crippen molar-refractivity contribution >= 4 is 60.3 Å². The van der Waals surface area contributed by atoms with E-state index in [0.29, 0.717) is 0 Å². The lowest BCUT2D eigenvalue weighted by Gasteiger charge is -2.26. The summed E-state index contributed by atoms with van der Waals surface area (Å²) in [7, 11) is 0. The van der Waals surface area contributed by atoms with Crippen molar-refractivity contribution in [2.45, 2.75) is 6.92 Å². The number of furan rings is 1. The first-order chi connectivity index (χ1) is 26.2. The van der Waals surface area contributed by atoms with Crippen LogP contribution in [0.1, 0.15) is 5.56 Å². The number of rotatable bonds is 6. The van der Waals surface area contributed by atoms with Crippen LogP contribution in [0.2, 0.25) is 0 Å². The number of anilines is 3. The molecule has 0 spiro atoms. The van der Waals surface area contributed by atoms with Crippen molar-refractivity contribution in [1.82, 2.24) is 0 Å². The van der Waals surface area contributed by atoms with Gasteiger partial charge in [-0.1, -0.05) is 140 Å². The molecule has 0 saturated carbocycles. The predicted molar refractivity (Wildman–Crippen MR) is 224 cm³/mol. The average Bonchev–Trinajstić information content (AvgIpc) is 3.57. The molecule has 0 aliphatic carbocycles. The van der Waals surface area contributed by atoms with Crippen LogP contribution in [-0.4, -0.2) is 0 Å². The Kier molecular flexibility index (Phi) is 7.40. The molecule has 9 aromatic carbocycles. The summed E-state index contributed by atoms with van der Waals surface area (Å²) < 4.78 is 6.32. The van der Waals surface area contributed by atoms with Crippen molar-refractivity contribution in [1.29, 1.82) is 0 Å². The van der Waals surface area contributed by atoms with E-state index in [0.717, 1.165) is 50.5 Å². The highest BCUT2D eigenvalue weighted by Crippen LogP contribution is 2.41. The number of fused-ring (bicyclic) bond motifs is 5. The lowest BCUT2D eigenvalue weighted by Crippen LogP contribution is -2.09. The van der Waals surface area contributed by atoms with Gasteiger partial charge in [-0.25, -0.2) is 0 Å². The second kappa shape index (κ2) is 12.7. The molecule has 0 aliphatic heterocycles. The fourth-order valence-electron chi connectivity index (χ4n) is 7.94. The number of hydrogen-bond acceptors (Lipinski definition) is 2. The van der Waals surface area contributed by atoms with Crippen LogP contribution < -0.4 is 4.90 Å². The highest BCUT2D eigenvalue weighted by molar-refractivity contribution is 6.13. The lowest BCUT2D eigenvalue weighted by molar-refractivity contribution is 0.629. The number of aryl methyl sites for hydroxylation is 1. The maximum absolute atomic E-state index is 6.32. The van der Waals surface area contributed by atoms with Crippen LogP contribution in [0.25, 0.3) is 76.9 Å². The van der Waals surface area contributed by atoms with Crippen molar-refractivity contribution in [3.05, 3.63) is 200 Å². The molecule has 53 heavy (non-hydrogen) atoms. The second-order valence-electron chi connectivity index (χ2n) is 13.8. The van der Waals surface area contributed by atoms with Crippen LogP contribution in [-0.2, 0) is 0 Å². The Morgan fingerprint density at radius 1 is 0.358 bits per heavy atom. The molecule has 250 valence electrons. The first-order valence-electron chi connectivity index (χ1n) is 18.2. The van der Waals surface area contributed by atoms with Gasteiger partial charge in [-0.15, -0.1) is 0 Å². The normalized spacial score (nSPS) is 11.5. The summed E-state index contributed by atoms with van der Waals surface area (Å²) in [6.07, 6.45) is 0. The molecule has 0 fully saturated rings. The first kappa shape index (κ1) is 30.9. The van der Waals surface area contributed by atoms with E-state index in [1.54, 1.807) is 0 Å². The molecule has 0 atom stereocenters. The standard InChI is InChI=1S/C51H35NO/c1-34-45-16-8-9-20-50(45)53-51(34)41-15-10-14-38(31-41)36-21-26-42(27-22-36)52(44-30-23-35-11-2-3-12-39(35)32-44)43-28-24-37(25-29-43)49-33-40-13-4-5-17-46(40)47-18-6-7-19-48(47)49/h2-33H,1H3. The number of para-hydroxylation sites is 1. The van der Waals surface area contributed by atoms with Crippen molar-refractivity contribution in [3.8, 4) is 33.6 Å². The Hall–Kier alpha value is -6.90. The van der Waals surface area contributed by atoms with Crippen molar-refractivity contribution in [2.75, 3.05) is 4.90 Å². The van der Waals surface area contributed by atoms with Crippen molar-refractivity contribution in [2.24, 2.45) is 0 Å². The Morgan fingerprint density at radius 3 is 1.70 bits per heavy atom. The van der Waals surface area contributed by atoms with Crippen LogP contribution in [0.5, 0.6) is 0 Å². The van der Waals surface area contributed by atoms with Crippen LogP contribution in [0.15, 0.2) is 199 Å². The third-order valence-corrected chi connectivity index (χ3v) is 10.6. The van der Waals surface area contributed by atoms with E-state index < -0.39 is 0 Å². The molecule has 0 bridgehead atoms. The van der Waals surface area contributed by atoms with Crippen LogP contribution in [0.4, 0.5) is 17.1 Å². The molecule has 0 amide bonds. The van der Waals surface area contributed by atoms with Gasteiger partial charge in [-0.3, -0.25) is 0 Å². The molecule has 0 saturated heterocycles. The topological polar surface area (TPSA) is 16.4 Å². The molecular formula is C51H35NO. The zero-order chi connectivity index (χ0) is 35.3. The van der Waals surface area contributed by atoms with Crippen LogP contribution >= 0.6 is 0 Å². The summed E-state index contributed by atoms with van der Waals surface area (Å²) in [5, 5.41) is 8.67. The Morgan fingerprint density at radius 2 is 0.943 bits per heavy atom. The van der Waals surface area contributed by atoms with Gasteiger partial charge in [0.25, 0.3) is 0 Å². The van der Waals surface area contributed by atoms with Crippen LogP contribution in [0, 0.1) is 6.92 Å². The zero-order valence-corrected chi connectivity index (χ0v) is 29.3. The number of hydrogen-bond donors (Lipinski definition) is 0. The molecule has 0 radical (unpaired) electrons. The highest BCUT2D eigenvalue weighted by Gasteiger charge is 2.16. The van der Waals surface area contributed by atoms with Gasteiger partial charge in [0.05, 0.1) is 0 Å². The van der Waals surface area contributed by atoms with Gasteiger partial charge in [0.2, 0.25) is 0 Å². The SMILES string of the molecule is Cc1c(-c2cccc(-c3ccc(N(c4ccc(-c5cc6ccccc6c6ccccc56)cc4)c4ccc5ccccc5c4)cc3)c2)oc2ccccc12. The minimum absolute atomic E-state index is 0.919. The van der Waals surface area contributed by atoms with Gasteiger partial charge in [0, 0.05) is 33.6 Å². The smallest absolute Gasteiger partial charge is 0.138 e. The Labute approximate surface area is 308 Å². The summed E-state index contributed by atoms with van der Waals surface area (Å²) >= 11 is 0. The fourth-order valence-corrected chi connectivity index (χ4v) is 7.94. The molecule has 1 aromatic heterocycles. The van der Waals surface area contributed by atoms with E-state index in [2.05, 4.69) is 194 Å². The molecule has 0 N–H and O–H groups in total. The molecule has 1 heterocycles. The largest absolute Gasteiger partial charge is 0.456 e. The van der Waals surface area contributed by atoms with E-state index >= 15 is 0 Å². The summed E-state index contributed by atoms with van der Waals surface area (Å²) in [4.78, 5) is 2.35. The molecule has 0 aliphatic rings. The fraction of sp³-hybridized carbons (Fsp3) is 0.0196. The molecule has 10 aromatic rings. The molecule has 2 nitrogen and oxygen atoms in total. The van der Waals surface area contributed by atoms with E-state index in [4.69, 9.17) is 4.42 Å². The second-order valence-corrected chi connectivity index (χ2v) is 13.8. The summed E-state index contributed by atoms with van der Waals surface area (Å²) in [6, 6.07) is 69.9. The van der Waals surface area contributed by atoms with E-state index in [9.17, 15) is 0 Å². The lowest BCUT2D eigenvalue weighted by atomic mass is 9.93. The summed E-state index contributed by atoms with van der Waals surface area (Å²) in [5.41, 5.74) is 11.2. The quantitative estimate of drug-likeness (QED) is 0.163. The molecule has 0 unspecified atom stereocenters. The van der Waals surface area contributed by atoms with Gasteiger partial charge in [0.15, 0.2) is 0 Å². The maximum Gasteiger partial charge on any atom is 0.138 e. The predicted octanol–water partition coefficient (Wildman–Crippen LogP) is 14.7. The van der Waals surface area contributed by atoms with E-state index in [1.165, 1.54) is 49.0 Å². The van der Waals surface area contributed by atoms with Gasteiger partial charge in [-0.2, -0.15) is 0 Å². The monoisotopic (exact) mass is 677 g/mol. The third-order valence-electron chi connectivity index (χ3n) is 10.6. The Bertz CT molecular complexity index is 2950.